The Labute approximate surface area is 242 Å². The molecule has 0 saturated heterocycles. The number of aryl methyl sites for hydroxylation is 2. The number of hydrogen-bond acceptors (Lipinski definition) is 0. The summed E-state index contributed by atoms with van der Waals surface area (Å²) in [5, 5.41) is 4.63. The summed E-state index contributed by atoms with van der Waals surface area (Å²) in [4.78, 5) is 0. The van der Waals surface area contributed by atoms with E-state index in [2.05, 4.69) is 141 Å². The van der Waals surface area contributed by atoms with Crippen LogP contribution in [0.25, 0.3) is 22.3 Å². The van der Waals surface area contributed by atoms with E-state index in [4.69, 9.17) is 0 Å². The first-order valence-corrected chi connectivity index (χ1v) is 18.1. The van der Waals surface area contributed by atoms with E-state index in [1.807, 2.05) is 0 Å². The minimum Gasteiger partial charge on any atom is -0.0622 e. The van der Waals surface area contributed by atoms with E-state index in [0.717, 1.165) is 5.66 Å². The SMILES string of the molecule is Cc1ccccc1-c1c(C)cccc1[P@@](C1CCCCC1)[P@](c1ccccc1)c1ccc(-c2ccccc2)cc1. The van der Waals surface area contributed by atoms with Crippen LogP contribution in [0, 0.1) is 13.8 Å². The predicted molar refractivity (Wildman–Crippen MR) is 179 cm³/mol. The lowest BCUT2D eigenvalue weighted by molar-refractivity contribution is 0.514. The van der Waals surface area contributed by atoms with E-state index in [9.17, 15) is 0 Å². The molecule has 0 heterocycles. The summed E-state index contributed by atoms with van der Waals surface area (Å²) in [5.74, 6) is 0. The minimum absolute atomic E-state index is 0.462. The molecule has 1 aliphatic rings. The Hall–Kier alpha value is -3.04. The number of hydrogen-bond donors (Lipinski definition) is 0. The molecule has 0 nitrogen and oxygen atoms in total. The Balaban J connectivity index is 1.55. The van der Waals surface area contributed by atoms with Gasteiger partial charge >= 0.3 is 0 Å². The van der Waals surface area contributed by atoms with Crippen LogP contribution in [0.4, 0.5) is 0 Å². The molecule has 2 heteroatoms. The molecule has 200 valence electrons. The second kappa shape index (κ2) is 12.6. The summed E-state index contributed by atoms with van der Waals surface area (Å²) in [7, 11) is -1.02. The molecular formula is C38H38P2. The second-order valence-corrected chi connectivity index (χ2v) is 17.0. The van der Waals surface area contributed by atoms with E-state index < -0.39 is 15.2 Å². The molecule has 5 aromatic rings. The molecule has 0 N–H and O–H groups in total. The third-order valence-electron chi connectivity index (χ3n) is 8.27. The number of benzene rings is 5. The lowest BCUT2D eigenvalue weighted by Gasteiger charge is -2.39. The lowest BCUT2D eigenvalue weighted by atomic mass is 9.97. The molecule has 40 heavy (non-hydrogen) atoms. The lowest BCUT2D eigenvalue weighted by Crippen LogP contribution is -2.24. The molecule has 0 bridgehead atoms. The maximum absolute atomic E-state index is 2.49. The topological polar surface area (TPSA) is 0 Å². The Kier molecular flexibility index (Phi) is 8.58. The quantitative estimate of drug-likeness (QED) is 0.175. The van der Waals surface area contributed by atoms with Crippen molar-refractivity contribution in [2.75, 3.05) is 0 Å². The molecule has 1 fully saturated rings. The first-order chi connectivity index (χ1) is 19.7. The van der Waals surface area contributed by atoms with Gasteiger partial charge in [0.15, 0.2) is 0 Å². The summed E-state index contributed by atoms with van der Waals surface area (Å²) >= 11 is 0. The first-order valence-electron chi connectivity index (χ1n) is 14.7. The van der Waals surface area contributed by atoms with Crippen LogP contribution in [-0.2, 0) is 0 Å². The van der Waals surface area contributed by atoms with E-state index >= 15 is 0 Å². The first kappa shape index (κ1) is 27.1. The average Bonchev–Trinajstić information content (AvgIpc) is 3.02. The van der Waals surface area contributed by atoms with Gasteiger partial charge in [-0.05, 0) is 96.9 Å². The molecule has 0 radical (unpaired) electrons. The molecular weight excluding hydrogens is 518 g/mol. The van der Waals surface area contributed by atoms with E-state index in [1.54, 1.807) is 5.30 Å². The van der Waals surface area contributed by atoms with Crippen molar-refractivity contribution in [3.63, 3.8) is 0 Å². The van der Waals surface area contributed by atoms with Gasteiger partial charge in [-0.1, -0.05) is 147 Å². The summed E-state index contributed by atoms with van der Waals surface area (Å²) in [6.45, 7) is 4.59. The maximum atomic E-state index is 2.49. The van der Waals surface area contributed by atoms with E-state index in [1.165, 1.54) is 76.1 Å². The van der Waals surface area contributed by atoms with Gasteiger partial charge in [0.1, 0.15) is 0 Å². The van der Waals surface area contributed by atoms with Crippen molar-refractivity contribution < 1.29 is 0 Å². The summed E-state index contributed by atoms with van der Waals surface area (Å²) in [5.41, 5.74) is 8.99. The largest absolute Gasteiger partial charge is 0.0622 e. The van der Waals surface area contributed by atoms with Gasteiger partial charge in [-0.2, -0.15) is 0 Å². The molecule has 0 aliphatic heterocycles. The smallest absolute Gasteiger partial charge is 0.00712 e. The zero-order chi connectivity index (χ0) is 27.3. The molecule has 0 amide bonds. The highest BCUT2D eigenvalue weighted by Crippen LogP contribution is 2.72. The highest BCUT2D eigenvalue weighted by atomic mass is 32.1. The fourth-order valence-corrected chi connectivity index (χ4v) is 15.6. The third kappa shape index (κ3) is 5.72. The van der Waals surface area contributed by atoms with Gasteiger partial charge in [0.05, 0.1) is 0 Å². The monoisotopic (exact) mass is 556 g/mol. The summed E-state index contributed by atoms with van der Waals surface area (Å²) in [6.07, 6.45) is 6.80. The van der Waals surface area contributed by atoms with E-state index in [-0.39, 0.29) is 0 Å². The van der Waals surface area contributed by atoms with Crippen molar-refractivity contribution in [3.05, 3.63) is 139 Å². The summed E-state index contributed by atoms with van der Waals surface area (Å²) in [6, 6.07) is 48.0. The number of rotatable bonds is 7. The van der Waals surface area contributed by atoms with Crippen LogP contribution in [0.5, 0.6) is 0 Å². The van der Waals surface area contributed by atoms with Gasteiger partial charge in [-0.25, -0.2) is 0 Å². The average molecular weight is 557 g/mol. The zero-order valence-electron chi connectivity index (χ0n) is 23.6. The zero-order valence-corrected chi connectivity index (χ0v) is 25.4. The molecule has 2 atom stereocenters. The van der Waals surface area contributed by atoms with Crippen molar-refractivity contribution in [1.29, 1.82) is 0 Å². The summed E-state index contributed by atoms with van der Waals surface area (Å²) < 4.78 is 0. The van der Waals surface area contributed by atoms with Crippen molar-refractivity contribution in [1.82, 2.24) is 0 Å². The van der Waals surface area contributed by atoms with Crippen LogP contribution < -0.4 is 15.9 Å². The molecule has 6 rings (SSSR count). The van der Waals surface area contributed by atoms with Crippen molar-refractivity contribution in [3.8, 4) is 22.3 Å². The Morgan fingerprint density at radius 1 is 0.500 bits per heavy atom. The van der Waals surface area contributed by atoms with Gasteiger partial charge in [0.2, 0.25) is 0 Å². The van der Waals surface area contributed by atoms with Gasteiger partial charge in [0.25, 0.3) is 0 Å². The van der Waals surface area contributed by atoms with Crippen molar-refractivity contribution in [2.24, 2.45) is 0 Å². The van der Waals surface area contributed by atoms with Gasteiger partial charge in [0, 0.05) is 0 Å². The molecule has 1 saturated carbocycles. The Bertz CT molecular complexity index is 1530. The third-order valence-corrected chi connectivity index (χ3v) is 16.7. The van der Waals surface area contributed by atoms with Gasteiger partial charge in [-0.3, -0.25) is 0 Å². The van der Waals surface area contributed by atoms with Crippen molar-refractivity contribution >= 4 is 31.1 Å². The normalized spacial score (nSPS) is 15.4. The fraction of sp³-hybridized carbons (Fsp3) is 0.211. The molecule has 1 aliphatic carbocycles. The van der Waals surface area contributed by atoms with Crippen LogP contribution in [0.1, 0.15) is 43.2 Å². The molecule has 0 spiro atoms. The van der Waals surface area contributed by atoms with Crippen molar-refractivity contribution in [2.45, 2.75) is 51.6 Å². The fourth-order valence-electron chi connectivity index (χ4n) is 6.23. The van der Waals surface area contributed by atoms with Crippen LogP contribution in [-0.4, -0.2) is 5.66 Å². The standard InChI is InChI=1S/C38H38P2/c1-29-15-12-13-23-36(29)38-30(2)16-14-24-37(38)40(34-21-10-5-11-22-34)39(33-19-8-4-9-20-33)35-27-25-32(26-28-35)31-17-6-3-7-18-31/h3-4,6-9,12-20,23-28,34H,5,10-11,21-22H2,1-2H3/t39-,40-/m1/s1. The maximum Gasteiger partial charge on any atom is -0.00712 e. The second-order valence-electron chi connectivity index (χ2n) is 11.0. The van der Waals surface area contributed by atoms with Gasteiger partial charge in [-0.15, -0.1) is 0 Å². The van der Waals surface area contributed by atoms with Crippen LogP contribution in [0.2, 0.25) is 0 Å². The van der Waals surface area contributed by atoms with Crippen LogP contribution in [0.15, 0.2) is 127 Å². The van der Waals surface area contributed by atoms with Gasteiger partial charge < -0.3 is 0 Å². The van der Waals surface area contributed by atoms with Crippen LogP contribution in [0.3, 0.4) is 0 Å². The Morgan fingerprint density at radius 2 is 1.07 bits per heavy atom. The minimum atomic E-state index is -0.559. The predicted octanol–water partition coefficient (Wildman–Crippen LogP) is 10.1. The molecule has 0 unspecified atom stereocenters. The molecule has 0 aromatic heterocycles. The van der Waals surface area contributed by atoms with E-state index in [0.29, 0.717) is 0 Å². The highest BCUT2D eigenvalue weighted by molar-refractivity contribution is 8.39. The van der Waals surface area contributed by atoms with Crippen LogP contribution >= 0.6 is 15.2 Å². The Morgan fingerprint density at radius 3 is 1.77 bits per heavy atom. The highest BCUT2D eigenvalue weighted by Gasteiger charge is 2.35. The molecule has 5 aromatic carbocycles.